The summed E-state index contributed by atoms with van der Waals surface area (Å²) in [7, 11) is 0. The molecule has 2 fully saturated rings. The van der Waals surface area contributed by atoms with E-state index in [-0.39, 0.29) is 0 Å². The lowest BCUT2D eigenvalue weighted by molar-refractivity contribution is 0.482. The van der Waals surface area contributed by atoms with E-state index in [4.69, 9.17) is 11.6 Å². The molecule has 0 heterocycles. The van der Waals surface area contributed by atoms with Crippen LogP contribution in [0.3, 0.4) is 0 Å². The van der Waals surface area contributed by atoms with Crippen LogP contribution in [0.15, 0.2) is 24.3 Å². The highest BCUT2D eigenvalue weighted by atomic mass is 79.9. The minimum atomic E-state index is 0.530. The van der Waals surface area contributed by atoms with Gasteiger partial charge in [-0.3, -0.25) is 0 Å². The normalized spacial score (nSPS) is 34.9. The highest BCUT2D eigenvalue weighted by molar-refractivity contribution is 9.09. The zero-order valence-electron chi connectivity index (χ0n) is 8.50. The van der Waals surface area contributed by atoms with Crippen molar-refractivity contribution in [2.24, 2.45) is 17.8 Å². The van der Waals surface area contributed by atoms with Crippen LogP contribution in [-0.2, 0) is 0 Å². The second-order valence-electron chi connectivity index (χ2n) is 4.94. The molecule has 2 saturated carbocycles. The molecule has 0 spiro atoms. The Kier molecular flexibility index (Phi) is 2.56. The molecule has 0 amide bonds. The van der Waals surface area contributed by atoms with Gasteiger partial charge in [0.05, 0.1) is 0 Å². The number of fused-ring (bicyclic) bond motifs is 1. The molecule has 80 valence electrons. The van der Waals surface area contributed by atoms with Crippen LogP contribution in [0.1, 0.15) is 29.7 Å². The molecule has 0 nitrogen and oxygen atoms in total. The van der Waals surface area contributed by atoms with Crippen LogP contribution >= 0.6 is 27.5 Å². The fourth-order valence-corrected chi connectivity index (χ4v) is 3.78. The summed E-state index contributed by atoms with van der Waals surface area (Å²) < 4.78 is 0. The Hall–Kier alpha value is -0.0100. The van der Waals surface area contributed by atoms with Crippen LogP contribution in [0.2, 0.25) is 5.02 Å². The van der Waals surface area contributed by atoms with E-state index in [0.29, 0.717) is 4.83 Å². The van der Waals surface area contributed by atoms with Crippen molar-refractivity contribution >= 4 is 27.5 Å². The molecule has 1 aromatic rings. The number of benzene rings is 1. The minimum Gasteiger partial charge on any atom is -0.0843 e. The average molecular weight is 286 g/mol. The van der Waals surface area contributed by atoms with Crippen molar-refractivity contribution in [3.8, 4) is 0 Å². The van der Waals surface area contributed by atoms with Crippen molar-refractivity contribution in [1.29, 1.82) is 0 Å². The Morgan fingerprint density at radius 1 is 1.07 bits per heavy atom. The van der Waals surface area contributed by atoms with E-state index in [2.05, 4.69) is 28.1 Å². The standard InChI is InChI=1S/C13H14BrCl/c14-13(8-1-3-12(15)4-2-8)11-6-9-5-10(9)7-11/h1-4,9-11,13H,5-7H2. The van der Waals surface area contributed by atoms with Gasteiger partial charge < -0.3 is 0 Å². The Balaban J connectivity index is 1.73. The second-order valence-corrected chi connectivity index (χ2v) is 6.36. The second kappa shape index (κ2) is 3.78. The van der Waals surface area contributed by atoms with Gasteiger partial charge in [0, 0.05) is 9.85 Å². The molecule has 0 bridgehead atoms. The van der Waals surface area contributed by atoms with Crippen molar-refractivity contribution in [3.05, 3.63) is 34.9 Å². The van der Waals surface area contributed by atoms with Gasteiger partial charge in [-0.15, -0.1) is 0 Å². The summed E-state index contributed by atoms with van der Waals surface area (Å²) in [6.07, 6.45) is 4.34. The monoisotopic (exact) mass is 284 g/mol. The minimum absolute atomic E-state index is 0.530. The predicted molar refractivity (Wildman–Crippen MR) is 67.4 cm³/mol. The lowest BCUT2D eigenvalue weighted by atomic mass is 9.95. The zero-order chi connectivity index (χ0) is 10.4. The van der Waals surface area contributed by atoms with Gasteiger partial charge in [-0.1, -0.05) is 39.7 Å². The fourth-order valence-electron chi connectivity index (χ4n) is 2.92. The Labute approximate surface area is 104 Å². The maximum absolute atomic E-state index is 5.89. The Morgan fingerprint density at radius 3 is 2.27 bits per heavy atom. The summed E-state index contributed by atoms with van der Waals surface area (Å²) in [6.45, 7) is 0. The first-order valence-electron chi connectivity index (χ1n) is 5.63. The molecular weight excluding hydrogens is 272 g/mol. The smallest absolute Gasteiger partial charge is 0.0423 e. The molecule has 3 rings (SSSR count). The van der Waals surface area contributed by atoms with Crippen LogP contribution in [-0.4, -0.2) is 0 Å². The summed E-state index contributed by atoms with van der Waals surface area (Å²) in [5.41, 5.74) is 1.38. The van der Waals surface area contributed by atoms with Crippen molar-refractivity contribution in [2.75, 3.05) is 0 Å². The molecule has 0 N–H and O–H groups in total. The van der Waals surface area contributed by atoms with Crippen LogP contribution in [0.5, 0.6) is 0 Å². The molecule has 2 aliphatic rings. The fraction of sp³-hybridized carbons (Fsp3) is 0.538. The number of halogens is 2. The average Bonchev–Trinajstić information content (AvgIpc) is 2.86. The third kappa shape index (κ3) is 1.97. The van der Waals surface area contributed by atoms with Gasteiger partial charge in [-0.05, 0) is 54.7 Å². The first-order chi connectivity index (χ1) is 7.24. The molecule has 15 heavy (non-hydrogen) atoms. The molecule has 0 saturated heterocycles. The quantitative estimate of drug-likeness (QED) is 0.683. The summed E-state index contributed by atoms with van der Waals surface area (Å²) in [5.74, 6) is 2.96. The maximum Gasteiger partial charge on any atom is 0.0423 e. The molecular formula is C13H14BrCl. The van der Waals surface area contributed by atoms with E-state index in [1.807, 2.05) is 12.1 Å². The van der Waals surface area contributed by atoms with Crippen LogP contribution < -0.4 is 0 Å². The topological polar surface area (TPSA) is 0 Å². The van der Waals surface area contributed by atoms with Crippen LogP contribution in [0.4, 0.5) is 0 Å². The van der Waals surface area contributed by atoms with E-state index >= 15 is 0 Å². The first kappa shape index (κ1) is 10.2. The van der Waals surface area contributed by atoms with Crippen molar-refractivity contribution in [3.63, 3.8) is 0 Å². The highest BCUT2D eigenvalue weighted by Crippen LogP contribution is 2.58. The van der Waals surface area contributed by atoms with Gasteiger partial charge in [0.1, 0.15) is 0 Å². The van der Waals surface area contributed by atoms with E-state index in [9.17, 15) is 0 Å². The number of alkyl halides is 1. The Morgan fingerprint density at radius 2 is 1.67 bits per heavy atom. The van der Waals surface area contributed by atoms with E-state index in [1.54, 1.807) is 0 Å². The third-order valence-electron chi connectivity index (χ3n) is 3.88. The molecule has 1 aromatic carbocycles. The van der Waals surface area contributed by atoms with Gasteiger partial charge in [0.15, 0.2) is 0 Å². The van der Waals surface area contributed by atoms with Gasteiger partial charge in [0.2, 0.25) is 0 Å². The number of hydrogen-bond donors (Lipinski definition) is 0. The molecule has 0 aliphatic heterocycles. The van der Waals surface area contributed by atoms with Gasteiger partial charge in [-0.25, -0.2) is 0 Å². The van der Waals surface area contributed by atoms with Gasteiger partial charge in [-0.2, -0.15) is 0 Å². The highest BCUT2D eigenvalue weighted by Gasteiger charge is 2.47. The van der Waals surface area contributed by atoms with Crippen molar-refractivity contribution in [2.45, 2.75) is 24.1 Å². The summed E-state index contributed by atoms with van der Waals surface area (Å²) >= 11 is 9.73. The van der Waals surface area contributed by atoms with Crippen LogP contribution in [0, 0.1) is 17.8 Å². The van der Waals surface area contributed by atoms with E-state index in [0.717, 1.165) is 22.8 Å². The molecule has 2 aliphatic carbocycles. The van der Waals surface area contributed by atoms with Crippen molar-refractivity contribution in [1.82, 2.24) is 0 Å². The predicted octanol–water partition coefficient (Wildman–Crippen LogP) is 4.82. The molecule has 0 radical (unpaired) electrons. The van der Waals surface area contributed by atoms with Gasteiger partial charge in [0.25, 0.3) is 0 Å². The van der Waals surface area contributed by atoms with Crippen molar-refractivity contribution < 1.29 is 0 Å². The van der Waals surface area contributed by atoms with E-state index < -0.39 is 0 Å². The van der Waals surface area contributed by atoms with E-state index in [1.165, 1.54) is 24.8 Å². The summed E-state index contributed by atoms with van der Waals surface area (Å²) in [6, 6.07) is 8.26. The molecule has 3 atom stereocenters. The summed E-state index contributed by atoms with van der Waals surface area (Å²) in [4.78, 5) is 0.530. The third-order valence-corrected chi connectivity index (χ3v) is 5.41. The molecule has 0 aromatic heterocycles. The lowest BCUT2D eigenvalue weighted by Gasteiger charge is -2.19. The first-order valence-corrected chi connectivity index (χ1v) is 6.93. The SMILES string of the molecule is Clc1ccc(C(Br)C2CC3CC3C2)cc1. The number of rotatable bonds is 2. The number of hydrogen-bond acceptors (Lipinski definition) is 0. The molecule has 3 unspecified atom stereocenters. The zero-order valence-corrected chi connectivity index (χ0v) is 10.8. The van der Waals surface area contributed by atoms with Crippen LogP contribution in [0.25, 0.3) is 0 Å². The largest absolute Gasteiger partial charge is 0.0843 e. The van der Waals surface area contributed by atoms with Gasteiger partial charge >= 0.3 is 0 Å². The maximum atomic E-state index is 5.89. The Bertz CT molecular complexity index is 349. The summed E-state index contributed by atoms with van der Waals surface area (Å²) in [5, 5.41) is 0.827. The lowest BCUT2D eigenvalue weighted by Crippen LogP contribution is -2.05. The molecule has 2 heteroatoms.